The minimum atomic E-state index is -2.25. The van der Waals surface area contributed by atoms with Gasteiger partial charge in [-0.15, -0.1) is 0 Å². The van der Waals surface area contributed by atoms with E-state index in [9.17, 15) is 0 Å². The lowest BCUT2D eigenvalue weighted by molar-refractivity contribution is -0.177. The minimum absolute atomic E-state index is 0.0215. The molecule has 5 atom stereocenters. The molecule has 0 aromatic heterocycles. The largest absolute Gasteiger partial charge is 0.414 e. The SMILES string of the molecule is CCCCO[C@@H]1O[C@@H]([C@@H](CO[Si](C)(C)C(C)(C)C)O[Si](C)(C)C(C)(C)C)[C@H](O[Si](C)(C)C(C)(C)C)[C@H]1O[Si](C)(C)C(C)(C)C. The summed E-state index contributed by atoms with van der Waals surface area (Å²) in [7, 11) is -8.75. The predicted octanol–water partition coefficient (Wildman–Crippen LogP) is 10.7. The molecule has 1 fully saturated rings. The maximum atomic E-state index is 7.39. The molecule has 0 unspecified atom stereocenters. The molecule has 1 rings (SSSR count). The van der Waals surface area contributed by atoms with Crippen LogP contribution in [0.4, 0.5) is 0 Å². The Kier molecular flexibility index (Phi) is 14.2. The highest BCUT2D eigenvalue weighted by atomic mass is 28.4. The summed E-state index contributed by atoms with van der Waals surface area (Å²) < 4.78 is 42.5. The fourth-order valence-corrected chi connectivity index (χ4v) is 8.89. The zero-order valence-corrected chi connectivity index (χ0v) is 37.2. The zero-order chi connectivity index (χ0) is 35.0. The van der Waals surface area contributed by atoms with Crippen molar-refractivity contribution >= 4 is 33.3 Å². The fourth-order valence-electron chi connectivity index (χ4n) is 3.98. The van der Waals surface area contributed by atoms with E-state index in [1.54, 1.807) is 0 Å². The molecule has 1 aliphatic heterocycles. The number of hydrogen-bond acceptors (Lipinski definition) is 6. The van der Waals surface area contributed by atoms with Gasteiger partial charge in [-0.05, 0) is 78.9 Å². The smallest absolute Gasteiger partial charge is 0.192 e. The first-order chi connectivity index (χ1) is 19.3. The molecule has 0 aliphatic carbocycles. The van der Waals surface area contributed by atoms with E-state index in [2.05, 4.69) is 142 Å². The lowest BCUT2D eigenvalue weighted by atomic mass is 10.1. The van der Waals surface area contributed by atoms with E-state index in [0.717, 1.165) is 12.8 Å². The molecule has 0 radical (unpaired) electrons. The second-order valence-corrected chi connectivity index (χ2v) is 38.4. The highest BCUT2D eigenvalue weighted by Gasteiger charge is 2.57. The maximum absolute atomic E-state index is 7.39. The molecule has 44 heavy (non-hydrogen) atoms. The monoisotopic (exact) mass is 692 g/mol. The van der Waals surface area contributed by atoms with E-state index in [4.69, 9.17) is 27.2 Å². The van der Waals surface area contributed by atoms with Crippen molar-refractivity contribution in [2.75, 3.05) is 13.2 Å². The van der Waals surface area contributed by atoms with Crippen LogP contribution >= 0.6 is 0 Å². The second kappa shape index (κ2) is 14.6. The van der Waals surface area contributed by atoms with Crippen molar-refractivity contribution in [1.29, 1.82) is 0 Å². The maximum Gasteiger partial charge on any atom is 0.192 e. The molecule has 0 spiro atoms. The Morgan fingerprint density at radius 3 is 1.39 bits per heavy atom. The Bertz CT molecular complexity index is 893. The van der Waals surface area contributed by atoms with Gasteiger partial charge in [-0.25, -0.2) is 0 Å². The van der Waals surface area contributed by atoms with Gasteiger partial charge in [0.05, 0.1) is 12.7 Å². The molecule has 0 bridgehead atoms. The summed E-state index contributed by atoms with van der Waals surface area (Å²) in [6.07, 6.45) is 0.178. The summed E-state index contributed by atoms with van der Waals surface area (Å²) in [5.41, 5.74) is 0. The summed E-state index contributed by atoms with van der Waals surface area (Å²) in [6.45, 7) is 49.4. The summed E-state index contributed by atoms with van der Waals surface area (Å²) in [6, 6.07) is 0. The molecule has 0 saturated carbocycles. The molecule has 0 N–H and O–H groups in total. The highest BCUT2D eigenvalue weighted by molar-refractivity contribution is 6.75. The molecule has 264 valence electrons. The third kappa shape index (κ3) is 10.8. The molecule has 0 aromatic rings. The van der Waals surface area contributed by atoms with Crippen molar-refractivity contribution in [2.45, 2.75) is 206 Å². The average Bonchev–Trinajstić information content (AvgIpc) is 3.09. The Morgan fingerprint density at radius 1 is 0.591 bits per heavy atom. The van der Waals surface area contributed by atoms with Gasteiger partial charge >= 0.3 is 0 Å². The van der Waals surface area contributed by atoms with Crippen LogP contribution in [0.15, 0.2) is 0 Å². The lowest BCUT2D eigenvalue weighted by Gasteiger charge is -2.46. The van der Waals surface area contributed by atoms with Crippen LogP contribution in [0.2, 0.25) is 72.5 Å². The molecule has 0 amide bonds. The highest BCUT2D eigenvalue weighted by Crippen LogP contribution is 2.46. The Morgan fingerprint density at radius 2 is 1.00 bits per heavy atom. The van der Waals surface area contributed by atoms with Crippen LogP contribution in [0, 0.1) is 0 Å². The van der Waals surface area contributed by atoms with Crippen molar-refractivity contribution in [3.8, 4) is 0 Å². The Hall–Kier alpha value is 0.628. The van der Waals surface area contributed by atoms with Gasteiger partial charge < -0.3 is 27.2 Å². The Balaban J connectivity index is 3.84. The number of rotatable bonds is 14. The standard InChI is InChI=1S/C34H76O6Si4/c1-22-23-24-35-30-29(40-44(20,21)34(11,12)13)28(39-43(18,19)33(8,9)10)27(37-30)26(38-42(16,17)32(5,6)7)25-36-41(14,15)31(2,3)4/h26-30H,22-25H2,1-21H3/t26-,27+,28+,29-,30-/m1/s1. The van der Waals surface area contributed by atoms with Gasteiger partial charge in [-0.2, -0.15) is 0 Å². The first kappa shape index (κ1) is 42.6. The van der Waals surface area contributed by atoms with Crippen LogP contribution in [0.3, 0.4) is 0 Å². The van der Waals surface area contributed by atoms with Crippen molar-refractivity contribution in [1.82, 2.24) is 0 Å². The van der Waals surface area contributed by atoms with Crippen LogP contribution < -0.4 is 0 Å². The van der Waals surface area contributed by atoms with Gasteiger partial charge in [0.15, 0.2) is 39.6 Å². The Labute approximate surface area is 278 Å². The topological polar surface area (TPSA) is 55.4 Å². The number of hydrogen-bond donors (Lipinski definition) is 0. The molecule has 1 aliphatic rings. The van der Waals surface area contributed by atoms with Crippen molar-refractivity contribution in [3.63, 3.8) is 0 Å². The van der Waals surface area contributed by atoms with E-state index in [1.807, 2.05) is 0 Å². The molecular weight excluding hydrogens is 617 g/mol. The first-order valence-electron chi connectivity index (χ1n) is 17.3. The summed E-state index contributed by atoms with van der Waals surface area (Å²) in [5.74, 6) is 0. The molecule has 10 heteroatoms. The van der Waals surface area contributed by atoms with E-state index in [1.165, 1.54) is 0 Å². The number of ether oxygens (including phenoxy) is 2. The summed E-state index contributed by atoms with van der Waals surface area (Å²) in [4.78, 5) is 0. The molecular formula is C34H76O6Si4. The fraction of sp³-hybridized carbons (Fsp3) is 1.00. The van der Waals surface area contributed by atoms with E-state index in [0.29, 0.717) is 13.2 Å². The minimum Gasteiger partial charge on any atom is -0.414 e. The van der Waals surface area contributed by atoms with Gasteiger partial charge in [0.2, 0.25) is 0 Å². The number of unbranched alkanes of at least 4 members (excludes halogenated alkanes) is 1. The quantitative estimate of drug-likeness (QED) is 0.133. The van der Waals surface area contributed by atoms with Crippen LogP contribution in [0.25, 0.3) is 0 Å². The molecule has 0 aromatic carbocycles. The van der Waals surface area contributed by atoms with Gasteiger partial charge in [-0.3, -0.25) is 0 Å². The molecule has 1 saturated heterocycles. The second-order valence-electron chi connectivity index (χ2n) is 19.4. The zero-order valence-electron chi connectivity index (χ0n) is 33.2. The van der Waals surface area contributed by atoms with Crippen molar-refractivity contribution < 1.29 is 27.2 Å². The predicted molar refractivity (Wildman–Crippen MR) is 199 cm³/mol. The van der Waals surface area contributed by atoms with E-state index in [-0.39, 0.29) is 44.6 Å². The van der Waals surface area contributed by atoms with Crippen LogP contribution in [-0.4, -0.2) is 77.2 Å². The molecule has 6 nitrogen and oxygen atoms in total. The van der Waals surface area contributed by atoms with Crippen LogP contribution in [0.1, 0.15) is 103 Å². The summed E-state index contributed by atoms with van der Waals surface area (Å²) >= 11 is 0. The van der Waals surface area contributed by atoms with Gasteiger partial charge in [0, 0.05) is 6.61 Å². The summed E-state index contributed by atoms with van der Waals surface area (Å²) in [5, 5.41) is 0.170. The first-order valence-corrected chi connectivity index (χ1v) is 28.9. The third-order valence-electron chi connectivity index (χ3n) is 11.5. The normalized spacial score (nSPS) is 24.2. The van der Waals surface area contributed by atoms with Crippen LogP contribution in [-0.2, 0) is 27.2 Å². The van der Waals surface area contributed by atoms with Crippen molar-refractivity contribution in [2.24, 2.45) is 0 Å². The van der Waals surface area contributed by atoms with Gasteiger partial charge in [0.1, 0.15) is 18.3 Å². The van der Waals surface area contributed by atoms with Crippen molar-refractivity contribution in [3.05, 3.63) is 0 Å². The molecule has 1 heterocycles. The van der Waals surface area contributed by atoms with Gasteiger partial charge in [0.25, 0.3) is 0 Å². The van der Waals surface area contributed by atoms with E-state index >= 15 is 0 Å². The third-order valence-corrected chi connectivity index (χ3v) is 29.4. The van der Waals surface area contributed by atoms with Crippen LogP contribution in [0.5, 0.6) is 0 Å². The van der Waals surface area contributed by atoms with E-state index < -0.39 is 39.6 Å². The van der Waals surface area contributed by atoms with Gasteiger partial charge in [-0.1, -0.05) is 96.4 Å². The lowest BCUT2D eigenvalue weighted by Crippen LogP contribution is -2.58. The average molecular weight is 693 g/mol.